The van der Waals surface area contributed by atoms with Crippen molar-refractivity contribution in [1.82, 2.24) is 14.5 Å². The van der Waals surface area contributed by atoms with Crippen LogP contribution < -0.4 is 14.8 Å². The Morgan fingerprint density at radius 3 is 2.63 bits per heavy atom. The molecule has 3 rings (SSSR count). The zero-order valence-corrected chi connectivity index (χ0v) is 18.3. The van der Waals surface area contributed by atoms with Crippen molar-refractivity contribution in [3.63, 3.8) is 0 Å². The summed E-state index contributed by atoms with van der Waals surface area (Å²) >= 11 is 0. The molecule has 162 valence electrons. The number of methoxy groups -OCH3 is 1. The second-order valence-corrected chi connectivity index (χ2v) is 8.86. The van der Waals surface area contributed by atoms with E-state index in [1.165, 1.54) is 17.9 Å². The van der Waals surface area contributed by atoms with Crippen molar-refractivity contribution in [3.05, 3.63) is 23.9 Å². The van der Waals surface area contributed by atoms with Gasteiger partial charge in [0, 0.05) is 24.4 Å². The first kappa shape index (κ1) is 22.0. The molecule has 2 heterocycles. The van der Waals surface area contributed by atoms with Crippen molar-refractivity contribution < 1.29 is 22.7 Å². The molecular weight excluding hydrogens is 408 g/mol. The van der Waals surface area contributed by atoms with Crippen molar-refractivity contribution in [2.75, 3.05) is 12.4 Å². The van der Waals surface area contributed by atoms with E-state index in [0.717, 1.165) is 0 Å². The Hall–Kier alpha value is -2.72. The normalized spacial score (nSPS) is 15.3. The van der Waals surface area contributed by atoms with Gasteiger partial charge in [0.05, 0.1) is 12.8 Å². The predicted octanol–water partition coefficient (Wildman–Crippen LogP) is 2.57. The number of carbonyl (C=O) groups is 2. The number of sulfonamides is 1. The molecule has 1 aliphatic rings. The lowest BCUT2D eigenvalue weighted by Gasteiger charge is -2.16. The Kier molecular flexibility index (Phi) is 6.27. The minimum Gasteiger partial charge on any atom is -0.495 e. The number of hydrogen-bond donors (Lipinski definition) is 2. The lowest BCUT2D eigenvalue weighted by molar-refractivity contribution is -0.116. The fourth-order valence-electron chi connectivity index (χ4n) is 3.28. The van der Waals surface area contributed by atoms with Crippen LogP contribution in [0.4, 0.5) is 5.82 Å². The minimum atomic E-state index is -3.85. The molecule has 0 saturated heterocycles. The lowest BCUT2D eigenvalue weighted by atomic mass is 10.0. The summed E-state index contributed by atoms with van der Waals surface area (Å²) < 4.78 is 35.1. The Morgan fingerprint density at radius 1 is 1.27 bits per heavy atom. The SMILES string of the molecule is CCc1nn2c(c1-c1ccc(OC)c(S(=O)(=O)N[C@@H](C)CC)c1)NC(=O)CCC2=O. The molecule has 1 aromatic heterocycles. The number of aromatic nitrogens is 2. The minimum absolute atomic E-state index is 0.0175. The number of rotatable bonds is 7. The third kappa shape index (κ3) is 4.10. The average molecular weight is 435 g/mol. The number of anilines is 1. The van der Waals surface area contributed by atoms with Crippen LogP contribution in [0.15, 0.2) is 23.1 Å². The Bertz CT molecular complexity index is 1090. The monoisotopic (exact) mass is 434 g/mol. The van der Waals surface area contributed by atoms with Gasteiger partial charge in [-0.1, -0.05) is 19.9 Å². The van der Waals surface area contributed by atoms with Gasteiger partial charge in [0.15, 0.2) is 0 Å². The molecule has 0 unspecified atom stereocenters. The van der Waals surface area contributed by atoms with Crippen molar-refractivity contribution in [1.29, 1.82) is 0 Å². The van der Waals surface area contributed by atoms with Crippen molar-refractivity contribution in [2.45, 2.75) is 57.4 Å². The highest BCUT2D eigenvalue weighted by Gasteiger charge is 2.29. The zero-order chi connectivity index (χ0) is 22.1. The van der Waals surface area contributed by atoms with E-state index in [2.05, 4.69) is 15.1 Å². The molecule has 1 aromatic carbocycles. The fraction of sp³-hybridized carbons (Fsp3) is 0.450. The van der Waals surface area contributed by atoms with E-state index >= 15 is 0 Å². The summed E-state index contributed by atoms with van der Waals surface area (Å²) in [6.07, 6.45) is 1.26. The maximum Gasteiger partial charge on any atom is 0.249 e. The zero-order valence-electron chi connectivity index (χ0n) is 17.5. The third-order valence-electron chi connectivity index (χ3n) is 5.06. The van der Waals surface area contributed by atoms with E-state index in [1.54, 1.807) is 19.1 Å². The molecule has 1 amide bonds. The van der Waals surface area contributed by atoms with Crippen molar-refractivity contribution >= 4 is 27.7 Å². The number of nitrogens with one attached hydrogen (secondary N) is 2. The van der Waals surface area contributed by atoms with Gasteiger partial charge in [-0.05, 0) is 37.5 Å². The molecule has 2 aromatic rings. The summed E-state index contributed by atoms with van der Waals surface area (Å²) in [6, 6.07) is 4.49. The van der Waals surface area contributed by atoms with Gasteiger partial charge in [0.1, 0.15) is 16.5 Å². The first-order chi connectivity index (χ1) is 14.2. The Morgan fingerprint density at radius 2 is 2.00 bits per heavy atom. The van der Waals surface area contributed by atoms with Gasteiger partial charge in [0.25, 0.3) is 0 Å². The van der Waals surface area contributed by atoms with Crippen LogP contribution in [0.5, 0.6) is 5.75 Å². The molecule has 1 aliphatic heterocycles. The lowest BCUT2D eigenvalue weighted by Crippen LogP contribution is -2.32. The molecule has 0 spiro atoms. The van der Waals surface area contributed by atoms with E-state index in [4.69, 9.17) is 4.74 Å². The van der Waals surface area contributed by atoms with Gasteiger partial charge >= 0.3 is 0 Å². The standard InChI is InChI=1S/C20H26N4O5S/c1-5-12(3)23-30(27,28)16-11-13(7-8-15(16)29-4)19-14(6-2)22-24-18(26)10-9-17(25)21-20(19)24/h7-8,11-12,23H,5-6,9-10H2,1-4H3,(H,21,25)/t12-/m0/s1. The highest BCUT2D eigenvalue weighted by atomic mass is 32.2. The molecular formula is C20H26N4O5S. The largest absolute Gasteiger partial charge is 0.495 e. The summed E-state index contributed by atoms with van der Waals surface area (Å²) in [5, 5.41) is 7.12. The topological polar surface area (TPSA) is 119 Å². The van der Waals surface area contributed by atoms with Crippen LogP contribution in [0.1, 0.15) is 50.5 Å². The first-order valence-electron chi connectivity index (χ1n) is 9.87. The molecule has 9 nitrogen and oxygen atoms in total. The first-order valence-corrected chi connectivity index (χ1v) is 11.4. The summed E-state index contributed by atoms with van der Waals surface area (Å²) in [7, 11) is -2.45. The maximum absolute atomic E-state index is 13.0. The van der Waals surface area contributed by atoms with E-state index in [-0.39, 0.29) is 47.2 Å². The second kappa shape index (κ2) is 8.57. The summed E-state index contributed by atoms with van der Waals surface area (Å²) in [5.74, 6) is -0.108. The number of carbonyl (C=O) groups excluding carboxylic acids is 2. The number of hydrogen-bond acceptors (Lipinski definition) is 6. The van der Waals surface area contributed by atoms with Gasteiger partial charge in [-0.2, -0.15) is 9.78 Å². The van der Waals surface area contributed by atoms with Crippen LogP contribution in [0.2, 0.25) is 0 Å². The summed E-state index contributed by atoms with van der Waals surface area (Å²) in [6.45, 7) is 5.54. The third-order valence-corrected chi connectivity index (χ3v) is 6.67. The number of ether oxygens (including phenoxy) is 1. The summed E-state index contributed by atoms with van der Waals surface area (Å²) in [5.41, 5.74) is 1.64. The number of nitrogens with zero attached hydrogens (tertiary/aromatic N) is 2. The molecule has 0 fully saturated rings. The predicted molar refractivity (Wildman–Crippen MR) is 112 cm³/mol. The van der Waals surface area contributed by atoms with Gasteiger partial charge in [-0.15, -0.1) is 0 Å². The van der Waals surface area contributed by atoms with Gasteiger partial charge < -0.3 is 10.1 Å². The number of amides is 1. The van der Waals surface area contributed by atoms with E-state index in [9.17, 15) is 18.0 Å². The van der Waals surface area contributed by atoms with Crippen LogP contribution in [0.25, 0.3) is 11.1 Å². The molecule has 0 aliphatic carbocycles. The highest BCUT2D eigenvalue weighted by molar-refractivity contribution is 7.89. The molecule has 2 N–H and O–H groups in total. The van der Waals surface area contributed by atoms with Crippen molar-refractivity contribution in [3.8, 4) is 16.9 Å². The molecule has 0 radical (unpaired) electrons. The van der Waals surface area contributed by atoms with Gasteiger partial charge in [0.2, 0.25) is 21.8 Å². The maximum atomic E-state index is 13.0. The highest BCUT2D eigenvalue weighted by Crippen LogP contribution is 2.37. The molecule has 0 saturated carbocycles. The quantitative estimate of drug-likeness (QED) is 0.691. The smallest absolute Gasteiger partial charge is 0.249 e. The number of aryl methyl sites for hydroxylation is 1. The number of benzene rings is 1. The van der Waals surface area contributed by atoms with Crippen LogP contribution in [-0.2, 0) is 21.2 Å². The number of fused-ring (bicyclic) bond motifs is 1. The van der Waals surface area contributed by atoms with Crippen LogP contribution in [0.3, 0.4) is 0 Å². The van der Waals surface area contributed by atoms with Gasteiger partial charge in [-0.25, -0.2) is 13.1 Å². The van der Waals surface area contributed by atoms with Crippen LogP contribution in [0, 0.1) is 0 Å². The molecule has 10 heteroatoms. The molecule has 30 heavy (non-hydrogen) atoms. The van der Waals surface area contributed by atoms with Crippen LogP contribution >= 0.6 is 0 Å². The Labute approximate surface area is 175 Å². The average Bonchev–Trinajstić information content (AvgIpc) is 3.02. The molecule has 0 bridgehead atoms. The van der Waals surface area contributed by atoms with Crippen LogP contribution in [-0.4, -0.2) is 43.2 Å². The van der Waals surface area contributed by atoms with E-state index in [0.29, 0.717) is 29.7 Å². The second-order valence-electron chi connectivity index (χ2n) is 7.17. The molecule has 1 atom stereocenters. The van der Waals surface area contributed by atoms with Gasteiger partial charge in [-0.3, -0.25) is 9.59 Å². The van der Waals surface area contributed by atoms with E-state index < -0.39 is 10.0 Å². The van der Waals surface area contributed by atoms with Crippen molar-refractivity contribution in [2.24, 2.45) is 0 Å². The Balaban J connectivity index is 2.20. The van der Waals surface area contributed by atoms with E-state index in [1.807, 2.05) is 13.8 Å². The fourth-order valence-corrected chi connectivity index (χ4v) is 4.81. The summed E-state index contributed by atoms with van der Waals surface area (Å²) in [4.78, 5) is 24.5.